The molecule has 0 amide bonds. The standard InChI is InChI=1S/C20H22N8/c1-26-13-17(11-22-26)27-9-5-8-16(12-27)24-19-10-18(15-6-3-2-4-7-15)25-20-21-14-23-28(19)20/h2-4,6-7,10-11,13-14,16,24H,5,8-9,12H2,1H3. The first-order chi connectivity index (χ1) is 13.8. The quantitative estimate of drug-likeness (QED) is 0.592. The molecule has 142 valence electrons. The Morgan fingerprint density at radius 2 is 2.04 bits per heavy atom. The van der Waals surface area contributed by atoms with Crippen LogP contribution in [0.5, 0.6) is 0 Å². The van der Waals surface area contributed by atoms with Crippen LogP contribution in [0.15, 0.2) is 55.1 Å². The SMILES string of the molecule is Cn1cc(N2CCCC(Nc3cc(-c4ccccc4)nc4ncnn34)C2)cn1. The molecule has 5 rings (SSSR count). The van der Waals surface area contributed by atoms with Crippen LogP contribution in [0.25, 0.3) is 17.0 Å². The van der Waals surface area contributed by atoms with Crippen LogP contribution in [0.4, 0.5) is 11.5 Å². The average molecular weight is 374 g/mol. The monoisotopic (exact) mass is 374 g/mol. The average Bonchev–Trinajstić information content (AvgIpc) is 3.38. The normalized spacial score (nSPS) is 17.2. The van der Waals surface area contributed by atoms with Gasteiger partial charge >= 0.3 is 0 Å². The molecule has 1 aliphatic heterocycles. The maximum absolute atomic E-state index is 4.65. The van der Waals surface area contributed by atoms with Crippen molar-refractivity contribution in [1.82, 2.24) is 29.4 Å². The van der Waals surface area contributed by atoms with Crippen molar-refractivity contribution in [3.63, 3.8) is 0 Å². The molecule has 28 heavy (non-hydrogen) atoms. The third-order valence-corrected chi connectivity index (χ3v) is 5.15. The van der Waals surface area contributed by atoms with Crippen molar-refractivity contribution in [2.45, 2.75) is 18.9 Å². The number of fused-ring (bicyclic) bond motifs is 1. The van der Waals surface area contributed by atoms with Gasteiger partial charge in [-0.3, -0.25) is 4.68 Å². The van der Waals surface area contributed by atoms with Crippen LogP contribution >= 0.6 is 0 Å². The molecule has 0 radical (unpaired) electrons. The Bertz CT molecular complexity index is 1080. The zero-order chi connectivity index (χ0) is 18.9. The van der Waals surface area contributed by atoms with Crippen molar-refractivity contribution in [3.05, 3.63) is 55.1 Å². The molecule has 0 saturated carbocycles. The minimum Gasteiger partial charge on any atom is -0.367 e. The minimum absolute atomic E-state index is 0.312. The smallest absolute Gasteiger partial charge is 0.254 e. The second-order valence-electron chi connectivity index (χ2n) is 7.17. The molecular formula is C20H22N8. The summed E-state index contributed by atoms with van der Waals surface area (Å²) < 4.78 is 3.62. The highest BCUT2D eigenvalue weighted by Gasteiger charge is 2.22. The largest absolute Gasteiger partial charge is 0.367 e. The summed E-state index contributed by atoms with van der Waals surface area (Å²) >= 11 is 0. The number of hydrogen-bond acceptors (Lipinski definition) is 6. The molecule has 0 bridgehead atoms. The summed E-state index contributed by atoms with van der Waals surface area (Å²) in [5.74, 6) is 1.52. The van der Waals surface area contributed by atoms with E-state index in [0.29, 0.717) is 11.8 Å². The molecule has 1 aromatic carbocycles. The number of hydrogen-bond donors (Lipinski definition) is 1. The number of anilines is 2. The van der Waals surface area contributed by atoms with Gasteiger partial charge in [0.1, 0.15) is 12.1 Å². The molecule has 1 aliphatic rings. The van der Waals surface area contributed by atoms with E-state index in [1.165, 1.54) is 5.69 Å². The Morgan fingerprint density at radius 1 is 1.14 bits per heavy atom. The molecule has 0 aliphatic carbocycles. The molecule has 1 atom stereocenters. The Kier molecular flexibility index (Phi) is 4.16. The highest BCUT2D eigenvalue weighted by Crippen LogP contribution is 2.24. The fraction of sp³-hybridized carbons (Fsp3) is 0.300. The van der Waals surface area contributed by atoms with Crippen LogP contribution in [0, 0.1) is 0 Å². The number of aryl methyl sites for hydroxylation is 1. The van der Waals surface area contributed by atoms with Gasteiger partial charge in [0.05, 0.1) is 17.6 Å². The molecule has 0 spiro atoms. The molecule has 8 heteroatoms. The minimum atomic E-state index is 0.312. The van der Waals surface area contributed by atoms with Crippen molar-refractivity contribution in [2.75, 3.05) is 23.3 Å². The lowest BCUT2D eigenvalue weighted by Gasteiger charge is -2.34. The van der Waals surface area contributed by atoms with Gasteiger partial charge in [-0.25, -0.2) is 4.98 Å². The van der Waals surface area contributed by atoms with Gasteiger partial charge in [-0.2, -0.15) is 19.7 Å². The summed E-state index contributed by atoms with van der Waals surface area (Å²) in [4.78, 5) is 11.3. The first-order valence-electron chi connectivity index (χ1n) is 9.52. The van der Waals surface area contributed by atoms with Crippen molar-refractivity contribution in [3.8, 4) is 11.3 Å². The van der Waals surface area contributed by atoms with Crippen molar-refractivity contribution >= 4 is 17.3 Å². The molecule has 3 aromatic heterocycles. The van der Waals surface area contributed by atoms with Gasteiger partial charge in [-0.05, 0) is 12.8 Å². The summed E-state index contributed by atoms with van der Waals surface area (Å²) in [6.45, 7) is 1.97. The zero-order valence-electron chi connectivity index (χ0n) is 15.7. The van der Waals surface area contributed by atoms with Crippen molar-refractivity contribution in [1.29, 1.82) is 0 Å². The Labute approximate surface area is 162 Å². The summed E-state index contributed by atoms with van der Waals surface area (Å²) in [6, 6.07) is 12.5. The van der Waals surface area contributed by atoms with Gasteiger partial charge in [0.25, 0.3) is 5.78 Å². The highest BCUT2D eigenvalue weighted by molar-refractivity contribution is 5.65. The van der Waals surface area contributed by atoms with Gasteiger partial charge in [-0.15, -0.1) is 0 Å². The molecule has 1 N–H and O–H groups in total. The molecule has 1 unspecified atom stereocenters. The van der Waals surface area contributed by atoms with Crippen LogP contribution in [-0.4, -0.2) is 48.5 Å². The predicted molar refractivity (Wildman–Crippen MR) is 108 cm³/mol. The van der Waals surface area contributed by atoms with E-state index in [1.807, 2.05) is 36.1 Å². The van der Waals surface area contributed by atoms with E-state index in [1.54, 1.807) is 10.8 Å². The summed E-state index contributed by atoms with van der Waals surface area (Å²) in [6.07, 6.45) is 7.78. The second kappa shape index (κ2) is 6.95. The molecule has 4 aromatic rings. The lowest BCUT2D eigenvalue weighted by atomic mass is 10.1. The fourth-order valence-electron chi connectivity index (χ4n) is 3.78. The van der Waals surface area contributed by atoms with Crippen LogP contribution in [-0.2, 0) is 7.05 Å². The fourth-order valence-corrected chi connectivity index (χ4v) is 3.78. The van der Waals surface area contributed by atoms with Gasteiger partial charge in [0.2, 0.25) is 0 Å². The Hall–Kier alpha value is -3.42. The van der Waals surface area contributed by atoms with Crippen LogP contribution in [0.2, 0.25) is 0 Å². The van der Waals surface area contributed by atoms with E-state index in [9.17, 15) is 0 Å². The lowest BCUT2D eigenvalue weighted by molar-refractivity contribution is 0.527. The number of rotatable bonds is 4. The van der Waals surface area contributed by atoms with Gasteiger partial charge < -0.3 is 10.2 Å². The van der Waals surface area contributed by atoms with E-state index in [0.717, 1.165) is 43.0 Å². The predicted octanol–water partition coefficient (Wildman–Crippen LogP) is 2.61. The maximum atomic E-state index is 4.65. The summed E-state index contributed by atoms with van der Waals surface area (Å²) in [5.41, 5.74) is 3.12. The molecule has 1 saturated heterocycles. The third-order valence-electron chi connectivity index (χ3n) is 5.15. The van der Waals surface area contributed by atoms with Gasteiger partial charge in [-0.1, -0.05) is 30.3 Å². The third kappa shape index (κ3) is 3.17. The van der Waals surface area contributed by atoms with E-state index < -0.39 is 0 Å². The van der Waals surface area contributed by atoms with Crippen LogP contribution in [0.1, 0.15) is 12.8 Å². The van der Waals surface area contributed by atoms with Crippen LogP contribution < -0.4 is 10.2 Å². The number of nitrogens with one attached hydrogen (secondary N) is 1. The van der Waals surface area contributed by atoms with E-state index in [2.05, 4.69) is 54.8 Å². The van der Waals surface area contributed by atoms with E-state index >= 15 is 0 Å². The van der Waals surface area contributed by atoms with Gasteiger partial charge in [0, 0.05) is 44.0 Å². The topological polar surface area (TPSA) is 76.2 Å². The van der Waals surface area contributed by atoms with Gasteiger partial charge in [0.15, 0.2) is 0 Å². The van der Waals surface area contributed by atoms with Crippen LogP contribution in [0.3, 0.4) is 0 Å². The number of aromatic nitrogens is 6. The van der Waals surface area contributed by atoms with Crippen molar-refractivity contribution < 1.29 is 0 Å². The summed E-state index contributed by atoms with van der Waals surface area (Å²) in [5, 5.41) is 12.3. The molecule has 8 nitrogen and oxygen atoms in total. The highest BCUT2D eigenvalue weighted by atomic mass is 15.4. The van der Waals surface area contributed by atoms with E-state index in [4.69, 9.17) is 0 Å². The maximum Gasteiger partial charge on any atom is 0.254 e. The number of benzene rings is 1. The Balaban J connectivity index is 1.43. The van der Waals surface area contributed by atoms with Crippen molar-refractivity contribution in [2.24, 2.45) is 7.05 Å². The second-order valence-corrected chi connectivity index (χ2v) is 7.17. The van der Waals surface area contributed by atoms with E-state index in [-0.39, 0.29) is 0 Å². The summed E-state index contributed by atoms with van der Waals surface area (Å²) in [7, 11) is 1.95. The number of piperidine rings is 1. The molecular weight excluding hydrogens is 352 g/mol. The molecule has 4 heterocycles. The Morgan fingerprint density at radius 3 is 2.86 bits per heavy atom. The first-order valence-corrected chi connectivity index (χ1v) is 9.52. The first kappa shape index (κ1) is 16.7. The lowest BCUT2D eigenvalue weighted by Crippen LogP contribution is -2.42. The number of nitrogens with zero attached hydrogens (tertiary/aromatic N) is 7. The zero-order valence-corrected chi connectivity index (χ0v) is 15.7. The molecule has 1 fully saturated rings.